The van der Waals surface area contributed by atoms with Crippen LogP contribution in [-0.4, -0.2) is 31.1 Å². The van der Waals surface area contributed by atoms with E-state index in [1.165, 1.54) is 24.5 Å². The summed E-state index contributed by atoms with van der Waals surface area (Å²) in [7, 11) is 0. The van der Waals surface area contributed by atoms with Crippen LogP contribution in [-0.2, 0) is 37.0 Å². The fourth-order valence-electron chi connectivity index (χ4n) is 4.73. The Balaban J connectivity index is 0.000000201. The molecule has 0 spiro atoms. The molecule has 0 aliphatic carbocycles. The lowest BCUT2D eigenvalue weighted by Gasteiger charge is -2.08. The molecule has 0 atom stereocenters. The highest BCUT2D eigenvalue weighted by Gasteiger charge is 2.11. The van der Waals surface area contributed by atoms with E-state index in [2.05, 4.69) is 42.1 Å². The molecule has 52 heavy (non-hydrogen) atoms. The predicted molar refractivity (Wildman–Crippen MR) is 205 cm³/mol. The molecule has 12 heteroatoms. The van der Waals surface area contributed by atoms with Gasteiger partial charge in [0.2, 0.25) is 0 Å². The number of aromatic nitrogens is 4. The number of alkyl halides is 2. The number of benzene rings is 4. The van der Waals surface area contributed by atoms with E-state index in [1.54, 1.807) is 24.3 Å². The first-order valence-electron chi connectivity index (χ1n) is 16.2. The zero-order valence-electron chi connectivity index (χ0n) is 27.9. The SMILES string of the molecule is O=C(Cn1ncc(OCc2ccccc2)cc1=O)c1ccc(CBr)cc1.O=C(Cn1ncc(OCc2ccccc2)cc1=O)c1ccc(CBr)cc1. The highest BCUT2D eigenvalue weighted by molar-refractivity contribution is 9.08. The summed E-state index contributed by atoms with van der Waals surface area (Å²) in [5.41, 5.74) is 4.51. The summed E-state index contributed by atoms with van der Waals surface area (Å²) < 4.78 is 13.4. The second kappa shape index (κ2) is 19.2. The molecule has 0 amide bonds. The fraction of sp³-hybridized carbons (Fsp3) is 0.150. The number of carbonyl (C=O) groups is 2. The molecule has 2 heterocycles. The summed E-state index contributed by atoms with van der Waals surface area (Å²) in [6.45, 7) is 0.493. The Morgan fingerprint density at radius 1 is 0.519 bits per heavy atom. The number of hydrogen-bond donors (Lipinski definition) is 0. The molecule has 4 aromatic carbocycles. The Morgan fingerprint density at radius 2 is 0.885 bits per heavy atom. The molecule has 6 aromatic rings. The minimum absolute atomic E-state index is 0.106. The van der Waals surface area contributed by atoms with Gasteiger partial charge in [-0.1, -0.05) is 141 Å². The number of carbonyl (C=O) groups excluding carboxylic acids is 2. The number of nitrogens with zero attached hydrogens (tertiary/aromatic N) is 4. The quantitative estimate of drug-likeness (QED) is 0.0836. The minimum Gasteiger partial charge on any atom is -0.487 e. The molecule has 0 aliphatic rings. The maximum absolute atomic E-state index is 12.3. The average molecular weight is 827 g/mol. The van der Waals surface area contributed by atoms with Crippen LogP contribution in [0.15, 0.2) is 143 Å². The summed E-state index contributed by atoms with van der Waals surface area (Å²) in [5, 5.41) is 9.54. The van der Waals surface area contributed by atoms with Crippen molar-refractivity contribution in [1.82, 2.24) is 19.6 Å². The molecule has 0 saturated heterocycles. The van der Waals surface area contributed by atoms with Crippen LogP contribution < -0.4 is 20.6 Å². The first-order valence-corrected chi connectivity index (χ1v) is 18.4. The second-order valence-corrected chi connectivity index (χ2v) is 12.6. The molecule has 264 valence electrons. The zero-order valence-corrected chi connectivity index (χ0v) is 31.1. The number of ketones is 2. The Kier molecular flexibility index (Phi) is 14.0. The van der Waals surface area contributed by atoms with Gasteiger partial charge < -0.3 is 9.47 Å². The van der Waals surface area contributed by atoms with Gasteiger partial charge in [-0.15, -0.1) is 0 Å². The molecule has 6 rings (SSSR count). The Morgan fingerprint density at radius 3 is 1.21 bits per heavy atom. The average Bonchev–Trinajstić information content (AvgIpc) is 3.19. The van der Waals surface area contributed by atoms with Crippen LogP contribution in [0.5, 0.6) is 11.5 Å². The van der Waals surface area contributed by atoms with Gasteiger partial charge in [-0.25, -0.2) is 9.36 Å². The van der Waals surface area contributed by atoms with Crippen molar-refractivity contribution in [3.8, 4) is 11.5 Å². The standard InChI is InChI=1S/2C20H17BrN2O3/c2*21-11-15-6-8-17(9-7-15)19(24)13-23-20(25)10-18(12-22-23)26-14-16-4-2-1-3-5-16/h2*1-10,12H,11,13-14H2. The van der Waals surface area contributed by atoms with E-state index < -0.39 is 0 Å². The van der Waals surface area contributed by atoms with Crippen molar-refractivity contribution in [3.05, 3.63) is 188 Å². The van der Waals surface area contributed by atoms with Crippen LogP contribution in [0.4, 0.5) is 0 Å². The van der Waals surface area contributed by atoms with Crippen molar-refractivity contribution in [2.24, 2.45) is 0 Å². The fourth-order valence-corrected chi connectivity index (χ4v) is 5.47. The van der Waals surface area contributed by atoms with Gasteiger partial charge in [-0.3, -0.25) is 19.2 Å². The van der Waals surface area contributed by atoms with E-state index >= 15 is 0 Å². The number of halogens is 2. The maximum Gasteiger partial charge on any atom is 0.270 e. The predicted octanol–water partition coefficient (Wildman–Crippen LogP) is 7.20. The Bertz CT molecular complexity index is 2030. The van der Waals surface area contributed by atoms with Crippen molar-refractivity contribution < 1.29 is 19.1 Å². The van der Waals surface area contributed by atoms with Gasteiger partial charge in [0.15, 0.2) is 11.6 Å². The third kappa shape index (κ3) is 11.3. The van der Waals surface area contributed by atoms with Crippen molar-refractivity contribution in [2.45, 2.75) is 37.0 Å². The molecule has 2 aromatic heterocycles. The molecule has 0 saturated carbocycles. The Hall–Kier alpha value is -5.46. The van der Waals surface area contributed by atoms with E-state index in [0.29, 0.717) is 35.8 Å². The zero-order chi connectivity index (χ0) is 36.7. The van der Waals surface area contributed by atoms with Crippen molar-refractivity contribution in [1.29, 1.82) is 0 Å². The number of ether oxygens (including phenoxy) is 2. The molecule has 0 bridgehead atoms. The van der Waals surface area contributed by atoms with Crippen LogP contribution in [0.3, 0.4) is 0 Å². The molecule has 0 fully saturated rings. The number of hydrogen-bond acceptors (Lipinski definition) is 8. The molecule has 10 nitrogen and oxygen atoms in total. The van der Waals surface area contributed by atoms with Gasteiger partial charge in [0.05, 0.1) is 12.4 Å². The third-order valence-electron chi connectivity index (χ3n) is 7.63. The maximum atomic E-state index is 12.3. The van der Waals surface area contributed by atoms with Crippen LogP contribution >= 0.6 is 31.9 Å². The topological polar surface area (TPSA) is 122 Å². The number of rotatable bonds is 14. The Labute approximate surface area is 316 Å². The van der Waals surface area contributed by atoms with Crippen molar-refractivity contribution >= 4 is 43.4 Å². The minimum atomic E-state index is -0.374. The van der Waals surface area contributed by atoms with E-state index in [4.69, 9.17) is 9.47 Å². The second-order valence-electron chi connectivity index (χ2n) is 11.4. The molecule has 0 unspecified atom stereocenters. The van der Waals surface area contributed by atoms with Gasteiger partial charge in [-0.2, -0.15) is 10.2 Å². The largest absolute Gasteiger partial charge is 0.487 e. The highest BCUT2D eigenvalue weighted by atomic mass is 79.9. The summed E-state index contributed by atoms with van der Waals surface area (Å²) in [4.78, 5) is 49.0. The lowest BCUT2D eigenvalue weighted by atomic mass is 10.1. The first kappa shape index (κ1) is 37.8. The van der Waals surface area contributed by atoms with Crippen LogP contribution in [0.25, 0.3) is 0 Å². The van der Waals surface area contributed by atoms with Gasteiger partial charge >= 0.3 is 0 Å². The van der Waals surface area contributed by atoms with Crippen molar-refractivity contribution in [3.63, 3.8) is 0 Å². The lowest BCUT2D eigenvalue weighted by Crippen LogP contribution is -2.26. The van der Waals surface area contributed by atoms with E-state index in [9.17, 15) is 19.2 Å². The number of Topliss-reactive ketones (excluding diaryl/α,β-unsaturated/α-hetero) is 2. The van der Waals surface area contributed by atoms with Gasteiger partial charge in [-0.05, 0) is 22.3 Å². The van der Waals surface area contributed by atoms with Crippen LogP contribution in [0.1, 0.15) is 43.0 Å². The normalized spacial score (nSPS) is 10.5. The van der Waals surface area contributed by atoms with Gasteiger partial charge in [0.25, 0.3) is 11.1 Å². The van der Waals surface area contributed by atoms with Gasteiger partial charge in [0.1, 0.15) is 37.8 Å². The molecular weight excluding hydrogens is 792 g/mol. The smallest absolute Gasteiger partial charge is 0.270 e. The monoisotopic (exact) mass is 824 g/mol. The molecule has 0 aliphatic heterocycles. The highest BCUT2D eigenvalue weighted by Crippen LogP contribution is 2.13. The summed E-state index contributed by atoms with van der Waals surface area (Å²) in [6, 6.07) is 36.5. The van der Waals surface area contributed by atoms with Crippen LogP contribution in [0.2, 0.25) is 0 Å². The molecule has 0 radical (unpaired) electrons. The summed E-state index contributed by atoms with van der Waals surface area (Å²) in [6.07, 6.45) is 2.90. The van der Waals surface area contributed by atoms with E-state index in [1.807, 2.05) is 84.9 Å². The van der Waals surface area contributed by atoms with Crippen molar-refractivity contribution in [2.75, 3.05) is 0 Å². The summed E-state index contributed by atoms with van der Waals surface area (Å²) >= 11 is 6.73. The first-order chi connectivity index (χ1) is 25.3. The summed E-state index contributed by atoms with van der Waals surface area (Å²) in [5.74, 6) is 0.422. The van der Waals surface area contributed by atoms with E-state index in [0.717, 1.165) is 42.3 Å². The molecule has 0 N–H and O–H groups in total. The van der Waals surface area contributed by atoms with Crippen LogP contribution in [0, 0.1) is 0 Å². The molecular formula is C40H34Br2N4O6. The third-order valence-corrected chi connectivity index (χ3v) is 8.93. The lowest BCUT2D eigenvalue weighted by molar-refractivity contribution is 0.0957. The van der Waals surface area contributed by atoms with Gasteiger partial charge in [0, 0.05) is 33.9 Å². The van der Waals surface area contributed by atoms with E-state index in [-0.39, 0.29) is 35.8 Å².